The zero-order valence-electron chi connectivity index (χ0n) is 12.2. The molecule has 2 aromatic heterocycles. The van der Waals surface area contributed by atoms with E-state index in [9.17, 15) is 4.79 Å². The molecule has 2 N–H and O–H groups in total. The second-order valence-corrected chi connectivity index (χ2v) is 4.64. The van der Waals surface area contributed by atoms with Gasteiger partial charge in [-0.3, -0.25) is 9.78 Å². The van der Waals surface area contributed by atoms with E-state index in [1.165, 1.54) is 0 Å². The molecular formula is C16H15N3O3. The number of methoxy groups -OCH3 is 2. The maximum atomic E-state index is 12.3. The van der Waals surface area contributed by atoms with Crippen molar-refractivity contribution in [3.8, 4) is 11.5 Å². The van der Waals surface area contributed by atoms with E-state index in [0.717, 1.165) is 11.0 Å². The summed E-state index contributed by atoms with van der Waals surface area (Å²) in [5.41, 5.74) is 2.64. The minimum atomic E-state index is -0.245. The molecule has 6 heteroatoms. The van der Waals surface area contributed by atoms with Crippen LogP contribution in [-0.4, -0.2) is 30.1 Å². The predicted octanol–water partition coefficient (Wildman–Crippen LogP) is 2.83. The van der Waals surface area contributed by atoms with Gasteiger partial charge in [-0.25, -0.2) is 0 Å². The number of nitrogens with one attached hydrogen (secondary N) is 2. The molecule has 0 aliphatic rings. The minimum Gasteiger partial charge on any atom is -0.493 e. The van der Waals surface area contributed by atoms with Gasteiger partial charge in [0.1, 0.15) is 5.69 Å². The fraction of sp³-hybridized carbons (Fsp3) is 0.125. The van der Waals surface area contributed by atoms with Crippen LogP contribution in [0.2, 0.25) is 0 Å². The van der Waals surface area contributed by atoms with Crippen LogP contribution in [0.15, 0.2) is 42.6 Å². The van der Waals surface area contributed by atoms with Crippen LogP contribution in [-0.2, 0) is 0 Å². The van der Waals surface area contributed by atoms with E-state index in [1.807, 2.05) is 12.1 Å². The number of hydrogen-bond acceptors (Lipinski definition) is 4. The lowest BCUT2D eigenvalue weighted by Crippen LogP contribution is -2.12. The van der Waals surface area contributed by atoms with E-state index >= 15 is 0 Å². The molecule has 0 fully saturated rings. The highest BCUT2D eigenvalue weighted by Crippen LogP contribution is 2.29. The molecule has 0 saturated heterocycles. The fourth-order valence-corrected chi connectivity index (χ4v) is 2.19. The summed E-state index contributed by atoms with van der Waals surface area (Å²) in [5, 5.41) is 2.81. The summed E-state index contributed by atoms with van der Waals surface area (Å²) in [6, 6.07) is 10.6. The number of H-pyrrole nitrogens is 1. The number of aromatic amines is 1. The second-order valence-electron chi connectivity index (χ2n) is 4.64. The predicted molar refractivity (Wildman–Crippen MR) is 83.6 cm³/mol. The normalized spacial score (nSPS) is 10.5. The van der Waals surface area contributed by atoms with Gasteiger partial charge in [0.25, 0.3) is 5.91 Å². The van der Waals surface area contributed by atoms with E-state index in [4.69, 9.17) is 9.47 Å². The highest BCUT2D eigenvalue weighted by molar-refractivity contribution is 6.05. The lowest BCUT2D eigenvalue weighted by atomic mass is 10.2. The Hall–Kier alpha value is -3.02. The summed E-state index contributed by atoms with van der Waals surface area (Å²) >= 11 is 0. The molecule has 6 nitrogen and oxygen atoms in total. The van der Waals surface area contributed by atoms with E-state index in [2.05, 4.69) is 15.3 Å². The number of aromatic nitrogens is 2. The summed E-state index contributed by atoms with van der Waals surface area (Å²) in [4.78, 5) is 19.5. The molecule has 0 radical (unpaired) electrons. The average Bonchev–Trinajstić information content (AvgIpc) is 2.99. The number of fused-ring (bicyclic) bond motifs is 1. The topological polar surface area (TPSA) is 76.2 Å². The standard InChI is InChI=1S/C16H15N3O3/c1-21-14-6-5-10(8-15(14)22-2)18-16(20)13-9-12-11(19-13)4-3-7-17-12/h3-9,19H,1-2H3,(H,18,20). The molecule has 3 aromatic rings. The highest BCUT2D eigenvalue weighted by Gasteiger charge is 2.12. The van der Waals surface area contributed by atoms with E-state index in [-0.39, 0.29) is 5.91 Å². The van der Waals surface area contributed by atoms with Crippen LogP contribution in [0.1, 0.15) is 10.5 Å². The molecule has 0 aliphatic heterocycles. The number of pyridine rings is 1. The minimum absolute atomic E-state index is 0.245. The van der Waals surface area contributed by atoms with Gasteiger partial charge in [-0.2, -0.15) is 0 Å². The zero-order valence-corrected chi connectivity index (χ0v) is 12.2. The van der Waals surface area contributed by atoms with Crippen LogP contribution in [0.25, 0.3) is 11.0 Å². The Morgan fingerprint density at radius 1 is 1.14 bits per heavy atom. The molecule has 1 aromatic carbocycles. The molecule has 112 valence electrons. The Morgan fingerprint density at radius 2 is 1.95 bits per heavy atom. The summed E-state index contributed by atoms with van der Waals surface area (Å²) < 4.78 is 10.4. The molecule has 0 aliphatic carbocycles. The van der Waals surface area contributed by atoms with E-state index < -0.39 is 0 Å². The van der Waals surface area contributed by atoms with Crippen molar-refractivity contribution in [2.45, 2.75) is 0 Å². The summed E-state index contributed by atoms with van der Waals surface area (Å²) in [7, 11) is 3.11. The van der Waals surface area contributed by atoms with Crippen LogP contribution in [0.4, 0.5) is 5.69 Å². The first-order valence-electron chi connectivity index (χ1n) is 6.68. The van der Waals surface area contributed by atoms with Crippen LogP contribution in [0, 0.1) is 0 Å². The fourth-order valence-electron chi connectivity index (χ4n) is 2.19. The Morgan fingerprint density at radius 3 is 2.68 bits per heavy atom. The number of benzene rings is 1. The van der Waals surface area contributed by atoms with Gasteiger partial charge < -0.3 is 19.8 Å². The van der Waals surface area contributed by atoms with Gasteiger partial charge in [-0.15, -0.1) is 0 Å². The third kappa shape index (κ3) is 2.58. The van der Waals surface area contributed by atoms with Crippen LogP contribution >= 0.6 is 0 Å². The number of carbonyl (C=O) groups is 1. The second kappa shape index (κ2) is 5.77. The van der Waals surface area contributed by atoms with Gasteiger partial charge in [0.15, 0.2) is 11.5 Å². The van der Waals surface area contributed by atoms with Crippen molar-refractivity contribution in [2.75, 3.05) is 19.5 Å². The van der Waals surface area contributed by atoms with Gasteiger partial charge in [0.05, 0.1) is 25.3 Å². The Labute approximate surface area is 127 Å². The van der Waals surface area contributed by atoms with Gasteiger partial charge in [0, 0.05) is 18.0 Å². The lowest BCUT2D eigenvalue weighted by molar-refractivity contribution is 0.102. The highest BCUT2D eigenvalue weighted by atomic mass is 16.5. The van der Waals surface area contributed by atoms with Gasteiger partial charge in [-0.1, -0.05) is 0 Å². The number of amides is 1. The Balaban J connectivity index is 1.84. The quantitative estimate of drug-likeness (QED) is 0.776. The lowest BCUT2D eigenvalue weighted by Gasteiger charge is -2.10. The first-order valence-corrected chi connectivity index (χ1v) is 6.68. The monoisotopic (exact) mass is 297 g/mol. The van der Waals surface area contributed by atoms with Gasteiger partial charge >= 0.3 is 0 Å². The van der Waals surface area contributed by atoms with Crippen molar-refractivity contribution in [1.82, 2.24) is 9.97 Å². The molecule has 0 atom stereocenters. The number of hydrogen-bond donors (Lipinski definition) is 2. The zero-order chi connectivity index (χ0) is 15.5. The Kier molecular flexibility index (Phi) is 3.65. The van der Waals surface area contributed by atoms with Crippen LogP contribution < -0.4 is 14.8 Å². The van der Waals surface area contributed by atoms with Gasteiger partial charge in [0.2, 0.25) is 0 Å². The van der Waals surface area contributed by atoms with Gasteiger partial charge in [-0.05, 0) is 30.3 Å². The average molecular weight is 297 g/mol. The van der Waals surface area contributed by atoms with Crippen LogP contribution in [0.3, 0.4) is 0 Å². The summed E-state index contributed by atoms with van der Waals surface area (Å²) in [5.74, 6) is 0.916. The number of anilines is 1. The van der Waals surface area contributed by atoms with Crippen molar-refractivity contribution in [2.24, 2.45) is 0 Å². The largest absolute Gasteiger partial charge is 0.493 e. The maximum Gasteiger partial charge on any atom is 0.272 e. The molecule has 0 bridgehead atoms. The van der Waals surface area contributed by atoms with Crippen molar-refractivity contribution in [3.05, 3.63) is 48.3 Å². The molecule has 3 rings (SSSR count). The van der Waals surface area contributed by atoms with E-state index in [1.54, 1.807) is 44.7 Å². The maximum absolute atomic E-state index is 12.3. The smallest absolute Gasteiger partial charge is 0.272 e. The number of nitrogens with zero attached hydrogens (tertiary/aromatic N) is 1. The van der Waals surface area contributed by atoms with Crippen molar-refractivity contribution in [3.63, 3.8) is 0 Å². The SMILES string of the molecule is COc1ccc(NC(=O)c2cc3ncccc3[nH]2)cc1OC. The number of carbonyl (C=O) groups excluding carboxylic acids is 1. The molecular weight excluding hydrogens is 282 g/mol. The third-order valence-electron chi connectivity index (χ3n) is 3.27. The summed E-state index contributed by atoms with van der Waals surface area (Å²) in [6.45, 7) is 0. The van der Waals surface area contributed by atoms with E-state index in [0.29, 0.717) is 22.9 Å². The molecule has 22 heavy (non-hydrogen) atoms. The first kappa shape index (κ1) is 13.9. The molecule has 2 heterocycles. The molecule has 0 unspecified atom stereocenters. The van der Waals surface area contributed by atoms with Crippen molar-refractivity contribution in [1.29, 1.82) is 0 Å². The molecule has 1 amide bonds. The number of rotatable bonds is 4. The van der Waals surface area contributed by atoms with Crippen molar-refractivity contribution < 1.29 is 14.3 Å². The number of ether oxygens (including phenoxy) is 2. The third-order valence-corrected chi connectivity index (χ3v) is 3.27. The van der Waals surface area contributed by atoms with Crippen LogP contribution in [0.5, 0.6) is 11.5 Å². The molecule has 0 saturated carbocycles. The first-order chi connectivity index (χ1) is 10.7. The Bertz CT molecular complexity index is 793. The molecule has 0 spiro atoms. The van der Waals surface area contributed by atoms with Crippen molar-refractivity contribution >= 4 is 22.6 Å². The summed E-state index contributed by atoms with van der Waals surface area (Å²) in [6.07, 6.45) is 1.69.